The van der Waals surface area contributed by atoms with Gasteiger partial charge in [-0.25, -0.2) is 0 Å². The first kappa shape index (κ1) is 18.8. The molecule has 0 amide bonds. The number of nitrogens with zero attached hydrogens (tertiary/aromatic N) is 3. The van der Waals surface area contributed by atoms with E-state index in [1.54, 1.807) is 25.3 Å². The number of halogens is 2. The number of benzene rings is 2. The Balaban J connectivity index is 1.78. The zero-order valence-electron chi connectivity index (χ0n) is 14.1. The van der Waals surface area contributed by atoms with Gasteiger partial charge in [0.1, 0.15) is 5.75 Å². The highest BCUT2D eigenvalue weighted by molar-refractivity contribution is 7.99. The van der Waals surface area contributed by atoms with Crippen LogP contribution >= 0.6 is 35.0 Å². The number of carbonyl (C=O) groups is 1. The van der Waals surface area contributed by atoms with Crippen LogP contribution in [0.4, 0.5) is 0 Å². The van der Waals surface area contributed by atoms with Crippen molar-refractivity contribution < 1.29 is 9.53 Å². The zero-order valence-corrected chi connectivity index (χ0v) is 16.4. The second-order valence-electron chi connectivity index (χ2n) is 5.40. The SMILES string of the molecule is COc1ccccc1-c1nnc(SCC(=O)c2ccc(Cl)cc2Cl)n1C. The van der Waals surface area contributed by atoms with Gasteiger partial charge in [-0.05, 0) is 30.3 Å². The fourth-order valence-corrected chi connectivity index (χ4v) is 3.74. The van der Waals surface area contributed by atoms with Crippen molar-refractivity contribution in [2.75, 3.05) is 12.9 Å². The number of ketones is 1. The Kier molecular flexibility index (Phi) is 5.86. The number of hydrogen-bond donors (Lipinski definition) is 0. The van der Waals surface area contributed by atoms with Crippen LogP contribution < -0.4 is 4.74 Å². The Morgan fingerprint density at radius 2 is 1.96 bits per heavy atom. The van der Waals surface area contributed by atoms with E-state index >= 15 is 0 Å². The lowest BCUT2D eigenvalue weighted by Crippen LogP contribution is -2.05. The molecular formula is C18H15Cl2N3O2S. The van der Waals surface area contributed by atoms with E-state index in [4.69, 9.17) is 27.9 Å². The minimum absolute atomic E-state index is 0.0986. The van der Waals surface area contributed by atoms with Crippen LogP contribution in [0.5, 0.6) is 5.75 Å². The van der Waals surface area contributed by atoms with E-state index in [0.29, 0.717) is 32.3 Å². The van der Waals surface area contributed by atoms with Gasteiger partial charge in [-0.15, -0.1) is 10.2 Å². The van der Waals surface area contributed by atoms with Gasteiger partial charge >= 0.3 is 0 Å². The molecule has 1 heterocycles. The van der Waals surface area contributed by atoms with E-state index in [1.807, 2.05) is 35.9 Å². The molecule has 0 bridgehead atoms. The second kappa shape index (κ2) is 8.12. The maximum absolute atomic E-state index is 12.4. The van der Waals surface area contributed by atoms with Crippen LogP contribution in [0.15, 0.2) is 47.6 Å². The number of aromatic nitrogens is 3. The molecule has 0 radical (unpaired) electrons. The molecular weight excluding hydrogens is 393 g/mol. The molecule has 5 nitrogen and oxygen atoms in total. The van der Waals surface area contributed by atoms with Crippen molar-refractivity contribution in [2.45, 2.75) is 5.16 Å². The van der Waals surface area contributed by atoms with Crippen LogP contribution in [0.25, 0.3) is 11.4 Å². The molecule has 2 aromatic carbocycles. The summed E-state index contributed by atoms with van der Waals surface area (Å²) in [5, 5.41) is 9.88. The average Bonchev–Trinajstić information content (AvgIpc) is 3.00. The minimum Gasteiger partial charge on any atom is -0.496 e. The summed E-state index contributed by atoms with van der Waals surface area (Å²) >= 11 is 13.3. The van der Waals surface area contributed by atoms with Crippen molar-refractivity contribution in [3.63, 3.8) is 0 Å². The standard InChI is InChI=1S/C18H15Cl2N3O2S/c1-23-17(13-5-3-4-6-16(13)25-2)21-22-18(23)26-10-15(24)12-8-7-11(19)9-14(12)20/h3-9H,10H2,1-2H3. The summed E-state index contributed by atoms with van der Waals surface area (Å²) in [6, 6.07) is 12.4. The number of thioether (sulfide) groups is 1. The van der Waals surface area contributed by atoms with Gasteiger partial charge in [0.25, 0.3) is 0 Å². The highest BCUT2D eigenvalue weighted by atomic mass is 35.5. The highest BCUT2D eigenvalue weighted by Gasteiger charge is 2.17. The predicted octanol–water partition coefficient (Wildman–Crippen LogP) is 4.77. The smallest absolute Gasteiger partial charge is 0.191 e. The molecule has 8 heteroatoms. The van der Waals surface area contributed by atoms with E-state index in [-0.39, 0.29) is 11.5 Å². The molecule has 1 aromatic heterocycles. The topological polar surface area (TPSA) is 57.0 Å². The molecule has 0 unspecified atom stereocenters. The van der Waals surface area contributed by atoms with Crippen LogP contribution in [-0.2, 0) is 7.05 Å². The highest BCUT2D eigenvalue weighted by Crippen LogP contribution is 2.30. The first-order valence-corrected chi connectivity index (χ1v) is 9.39. The van der Waals surface area contributed by atoms with Crippen LogP contribution in [0.2, 0.25) is 10.0 Å². The molecule has 0 aliphatic carbocycles. The number of carbonyl (C=O) groups excluding carboxylic acids is 1. The van der Waals surface area contributed by atoms with Crippen molar-refractivity contribution in [3.05, 3.63) is 58.1 Å². The average molecular weight is 408 g/mol. The molecule has 0 atom stereocenters. The van der Waals surface area contributed by atoms with Gasteiger partial charge in [0.15, 0.2) is 16.8 Å². The van der Waals surface area contributed by atoms with Gasteiger partial charge in [-0.1, -0.05) is 47.1 Å². The second-order valence-corrected chi connectivity index (χ2v) is 7.19. The van der Waals surface area contributed by atoms with Crippen LogP contribution in [0.1, 0.15) is 10.4 Å². The Morgan fingerprint density at radius 3 is 2.69 bits per heavy atom. The third-order valence-electron chi connectivity index (χ3n) is 3.75. The summed E-state index contributed by atoms with van der Waals surface area (Å²) in [6.45, 7) is 0. The van der Waals surface area contributed by atoms with Crippen molar-refractivity contribution in [2.24, 2.45) is 7.05 Å². The van der Waals surface area contributed by atoms with E-state index < -0.39 is 0 Å². The van der Waals surface area contributed by atoms with Crippen LogP contribution in [0, 0.1) is 0 Å². The Bertz CT molecular complexity index is 959. The van der Waals surface area contributed by atoms with Crippen molar-refractivity contribution in [1.29, 1.82) is 0 Å². The third-order valence-corrected chi connectivity index (χ3v) is 5.31. The summed E-state index contributed by atoms with van der Waals surface area (Å²) in [5.41, 5.74) is 1.28. The fraction of sp³-hybridized carbons (Fsp3) is 0.167. The number of ether oxygens (including phenoxy) is 1. The van der Waals surface area contributed by atoms with E-state index in [2.05, 4.69) is 10.2 Å². The van der Waals surface area contributed by atoms with Gasteiger partial charge in [0.05, 0.1) is 23.4 Å². The third kappa shape index (κ3) is 3.87. The van der Waals surface area contributed by atoms with Crippen molar-refractivity contribution in [3.8, 4) is 17.1 Å². The van der Waals surface area contributed by atoms with Gasteiger partial charge < -0.3 is 9.30 Å². The Morgan fingerprint density at radius 1 is 1.19 bits per heavy atom. The van der Waals surface area contributed by atoms with Gasteiger partial charge in [0.2, 0.25) is 0 Å². The van der Waals surface area contributed by atoms with E-state index in [9.17, 15) is 4.79 Å². The first-order chi connectivity index (χ1) is 12.5. The number of para-hydroxylation sites is 1. The summed E-state index contributed by atoms with van der Waals surface area (Å²) in [5.74, 6) is 1.48. The zero-order chi connectivity index (χ0) is 18.7. The van der Waals surface area contributed by atoms with Gasteiger partial charge in [0, 0.05) is 17.6 Å². The summed E-state index contributed by atoms with van der Waals surface area (Å²) in [4.78, 5) is 12.4. The fourth-order valence-electron chi connectivity index (χ4n) is 2.43. The molecule has 0 aliphatic heterocycles. The maximum atomic E-state index is 12.4. The van der Waals surface area contributed by atoms with Gasteiger partial charge in [-0.2, -0.15) is 0 Å². The van der Waals surface area contributed by atoms with Crippen LogP contribution in [0.3, 0.4) is 0 Å². The number of hydrogen-bond acceptors (Lipinski definition) is 5. The molecule has 0 spiro atoms. The molecule has 26 heavy (non-hydrogen) atoms. The molecule has 0 saturated carbocycles. The molecule has 0 fully saturated rings. The molecule has 134 valence electrons. The number of Topliss-reactive ketones (excluding diaryl/α,β-unsaturated/α-hetero) is 1. The Labute approximate surface area is 165 Å². The molecule has 3 rings (SSSR count). The minimum atomic E-state index is -0.0986. The lowest BCUT2D eigenvalue weighted by molar-refractivity contribution is 0.102. The number of rotatable bonds is 6. The molecule has 3 aromatic rings. The molecule has 0 saturated heterocycles. The first-order valence-electron chi connectivity index (χ1n) is 7.65. The summed E-state index contributed by atoms with van der Waals surface area (Å²) in [6.07, 6.45) is 0. The van der Waals surface area contributed by atoms with Gasteiger partial charge in [-0.3, -0.25) is 4.79 Å². The largest absolute Gasteiger partial charge is 0.496 e. The quantitative estimate of drug-likeness (QED) is 0.434. The van der Waals surface area contributed by atoms with Crippen LogP contribution in [-0.4, -0.2) is 33.4 Å². The molecule has 0 aliphatic rings. The lowest BCUT2D eigenvalue weighted by atomic mass is 10.1. The molecule has 0 N–H and O–H groups in total. The number of methoxy groups -OCH3 is 1. The van der Waals surface area contributed by atoms with Crippen molar-refractivity contribution in [1.82, 2.24) is 14.8 Å². The van der Waals surface area contributed by atoms with E-state index in [1.165, 1.54) is 11.8 Å². The lowest BCUT2D eigenvalue weighted by Gasteiger charge is -2.08. The van der Waals surface area contributed by atoms with E-state index in [0.717, 1.165) is 5.56 Å². The summed E-state index contributed by atoms with van der Waals surface area (Å²) < 4.78 is 7.21. The van der Waals surface area contributed by atoms with Crippen molar-refractivity contribution >= 4 is 40.7 Å². The normalized spacial score (nSPS) is 10.8. The monoisotopic (exact) mass is 407 g/mol. The maximum Gasteiger partial charge on any atom is 0.191 e. The predicted molar refractivity (Wildman–Crippen MR) is 105 cm³/mol. The summed E-state index contributed by atoms with van der Waals surface area (Å²) in [7, 11) is 3.46. The Hall–Kier alpha value is -2.02.